The van der Waals surface area contributed by atoms with Gasteiger partial charge in [-0.15, -0.1) is 35.3 Å². The smallest absolute Gasteiger partial charge is 0.357 e. The molecule has 0 aliphatic heterocycles. The molecule has 1 aromatic rings. The molecule has 1 heterocycles. The molecule has 0 saturated heterocycles. The molecule has 0 bridgehead atoms. The zero-order valence-electron chi connectivity index (χ0n) is 15.9. The van der Waals surface area contributed by atoms with Crippen LogP contribution < -0.4 is 10.6 Å². The minimum Gasteiger partial charge on any atom is -0.357 e. The van der Waals surface area contributed by atoms with Crippen LogP contribution in [0.2, 0.25) is 0 Å². The normalized spacial score (nSPS) is 12.7. The van der Waals surface area contributed by atoms with E-state index in [0.29, 0.717) is 36.1 Å². The molecular formula is C16H29F3IN5S. The lowest BCUT2D eigenvalue weighted by Crippen LogP contribution is -2.45. The van der Waals surface area contributed by atoms with Gasteiger partial charge >= 0.3 is 6.18 Å². The van der Waals surface area contributed by atoms with E-state index in [9.17, 15) is 13.2 Å². The lowest BCUT2D eigenvalue weighted by atomic mass is 10.2. The van der Waals surface area contributed by atoms with E-state index in [1.54, 1.807) is 0 Å². The third kappa shape index (κ3) is 8.85. The third-order valence-corrected chi connectivity index (χ3v) is 4.38. The van der Waals surface area contributed by atoms with Gasteiger partial charge in [0.15, 0.2) is 11.7 Å². The maximum Gasteiger partial charge on any atom is 0.434 e. The summed E-state index contributed by atoms with van der Waals surface area (Å²) in [7, 11) is 0. The maximum atomic E-state index is 12.6. The Morgan fingerprint density at radius 1 is 1.23 bits per heavy atom. The van der Waals surface area contributed by atoms with Crippen LogP contribution in [0, 0.1) is 0 Å². The molecule has 0 atom stereocenters. The van der Waals surface area contributed by atoms with Crippen LogP contribution >= 0.6 is 35.3 Å². The molecule has 1 aromatic heterocycles. The van der Waals surface area contributed by atoms with Crippen molar-refractivity contribution in [2.24, 2.45) is 4.99 Å². The highest BCUT2D eigenvalue weighted by Gasteiger charge is 2.33. The Hall–Kier alpha value is -0.620. The van der Waals surface area contributed by atoms with Gasteiger partial charge in [-0.05, 0) is 34.6 Å². The van der Waals surface area contributed by atoms with Crippen molar-refractivity contribution < 1.29 is 13.2 Å². The fraction of sp³-hybridized carbons (Fsp3) is 0.750. The number of alkyl halides is 3. The monoisotopic (exact) mass is 507 g/mol. The van der Waals surface area contributed by atoms with E-state index in [1.165, 1.54) is 0 Å². The average molecular weight is 507 g/mol. The van der Waals surface area contributed by atoms with E-state index in [0.717, 1.165) is 23.3 Å². The standard InChI is InChI=1S/C16H28F3N5S.HI/c1-6-20-15(21-7-8-24(11(2)3)12(4)5)22-9-14-23-13(10-25-14)16(17,18)19;/h10-12H,6-9H2,1-5H3,(H2,20,21,22);1H. The van der Waals surface area contributed by atoms with Crippen molar-refractivity contribution in [2.45, 2.75) is 59.4 Å². The number of guanidine groups is 1. The number of aromatic nitrogens is 1. The van der Waals surface area contributed by atoms with E-state index < -0.39 is 11.9 Å². The SMILES string of the molecule is CCNC(=NCc1nc(C(F)(F)F)cs1)NCCN(C(C)C)C(C)C.I. The van der Waals surface area contributed by atoms with Crippen molar-refractivity contribution in [3.63, 3.8) is 0 Å². The molecule has 0 saturated carbocycles. The summed E-state index contributed by atoms with van der Waals surface area (Å²) in [5, 5.41) is 7.68. The van der Waals surface area contributed by atoms with Gasteiger partial charge in [0, 0.05) is 37.1 Å². The van der Waals surface area contributed by atoms with E-state index in [1.807, 2.05) is 6.92 Å². The number of nitrogens with zero attached hydrogens (tertiary/aromatic N) is 3. The zero-order chi connectivity index (χ0) is 19.0. The Bertz CT molecular complexity index is 538. The fourth-order valence-corrected chi connectivity index (χ4v) is 3.14. The maximum absolute atomic E-state index is 12.6. The van der Waals surface area contributed by atoms with Gasteiger partial charge in [-0.3, -0.25) is 4.90 Å². The molecule has 0 amide bonds. The minimum absolute atomic E-state index is 0. The number of hydrogen-bond acceptors (Lipinski definition) is 4. The van der Waals surface area contributed by atoms with Gasteiger partial charge in [0.2, 0.25) is 0 Å². The first-order chi connectivity index (χ1) is 11.6. The molecule has 0 fully saturated rings. The molecule has 1 rings (SSSR count). The summed E-state index contributed by atoms with van der Waals surface area (Å²) in [5.74, 6) is 0.582. The van der Waals surface area contributed by atoms with Crippen LogP contribution in [0.5, 0.6) is 0 Å². The predicted octanol–water partition coefficient (Wildman–Crippen LogP) is 3.95. The van der Waals surface area contributed by atoms with Gasteiger partial charge in [0.1, 0.15) is 5.01 Å². The van der Waals surface area contributed by atoms with Crippen molar-refractivity contribution >= 4 is 41.3 Å². The van der Waals surface area contributed by atoms with Crippen LogP contribution in [0.4, 0.5) is 13.2 Å². The summed E-state index contributed by atoms with van der Waals surface area (Å²) >= 11 is 0.971. The molecule has 0 aliphatic carbocycles. The summed E-state index contributed by atoms with van der Waals surface area (Å²) in [6, 6.07) is 0.884. The summed E-state index contributed by atoms with van der Waals surface area (Å²) in [5.41, 5.74) is -0.856. The molecule has 26 heavy (non-hydrogen) atoms. The lowest BCUT2D eigenvalue weighted by Gasteiger charge is -2.30. The molecule has 0 unspecified atom stereocenters. The molecule has 5 nitrogen and oxygen atoms in total. The molecular weight excluding hydrogens is 478 g/mol. The molecule has 10 heteroatoms. The molecule has 0 spiro atoms. The summed E-state index contributed by atoms with van der Waals surface area (Å²) in [4.78, 5) is 10.3. The second kappa shape index (κ2) is 12.0. The highest BCUT2D eigenvalue weighted by molar-refractivity contribution is 14.0. The number of rotatable bonds is 8. The van der Waals surface area contributed by atoms with Crippen LogP contribution in [-0.2, 0) is 12.7 Å². The number of hydrogen-bond donors (Lipinski definition) is 2. The van der Waals surface area contributed by atoms with Crippen LogP contribution in [0.3, 0.4) is 0 Å². The van der Waals surface area contributed by atoms with Gasteiger partial charge in [-0.1, -0.05) is 0 Å². The summed E-state index contributed by atoms with van der Waals surface area (Å²) in [6.45, 7) is 12.9. The molecule has 0 aliphatic rings. The molecule has 2 N–H and O–H groups in total. The first-order valence-electron chi connectivity index (χ1n) is 8.44. The van der Waals surface area contributed by atoms with Crippen LogP contribution in [0.25, 0.3) is 0 Å². The van der Waals surface area contributed by atoms with Crippen molar-refractivity contribution in [3.05, 3.63) is 16.1 Å². The van der Waals surface area contributed by atoms with Crippen LogP contribution in [-0.4, -0.2) is 47.6 Å². The summed E-state index contributed by atoms with van der Waals surface area (Å²) < 4.78 is 37.7. The van der Waals surface area contributed by atoms with Gasteiger partial charge in [-0.2, -0.15) is 13.2 Å². The Labute approximate surface area is 174 Å². The fourth-order valence-electron chi connectivity index (χ4n) is 2.42. The quantitative estimate of drug-likeness (QED) is 0.318. The van der Waals surface area contributed by atoms with Crippen LogP contribution in [0.15, 0.2) is 10.4 Å². The first-order valence-corrected chi connectivity index (χ1v) is 9.32. The van der Waals surface area contributed by atoms with E-state index in [2.05, 4.69) is 53.2 Å². The Kier molecular flexibility index (Phi) is 11.7. The Morgan fingerprint density at radius 2 is 1.85 bits per heavy atom. The number of aliphatic imine (C=N–C) groups is 1. The summed E-state index contributed by atoms with van der Waals surface area (Å²) in [6.07, 6.45) is -4.40. The average Bonchev–Trinajstić information content (AvgIpc) is 2.97. The van der Waals surface area contributed by atoms with Crippen molar-refractivity contribution in [3.8, 4) is 0 Å². The van der Waals surface area contributed by atoms with Gasteiger partial charge in [0.25, 0.3) is 0 Å². The minimum atomic E-state index is -4.40. The topological polar surface area (TPSA) is 52.6 Å². The highest BCUT2D eigenvalue weighted by atomic mass is 127. The first kappa shape index (κ1) is 25.4. The Morgan fingerprint density at radius 3 is 2.31 bits per heavy atom. The largest absolute Gasteiger partial charge is 0.434 e. The number of halogens is 4. The van der Waals surface area contributed by atoms with Crippen molar-refractivity contribution in [2.75, 3.05) is 19.6 Å². The van der Waals surface area contributed by atoms with Crippen molar-refractivity contribution in [1.82, 2.24) is 20.5 Å². The Balaban J connectivity index is 0.00000625. The second-order valence-corrected chi connectivity index (χ2v) is 7.11. The number of nitrogens with one attached hydrogen (secondary N) is 2. The zero-order valence-corrected chi connectivity index (χ0v) is 19.0. The molecule has 0 aromatic carbocycles. The highest BCUT2D eigenvalue weighted by Crippen LogP contribution is 2.30. The third-order valence-electron chi connectivity index (χ3n) is 3.55. The van der Waals surface area contributed by atoms with Gasteiger partial charge < -0.3 is 10.6 Å². The number of thiazole rings is 1. The van der Waals surface area contributed by atoms with E-state index in [4.69, 9.17) is 0 Å². The van der Waals surface area contributed by atoms with Gasteiger partial charge in [-0.25, -0.2) is 9.98 Å². The van der Waals surface area contributed by atoms with Crippen molar-refractivity contribution in [1.29, 1.82) is 0 Å². The van der Waals surface area contributed by atoms with Gasteiger partial charge in [0.05, 0.1) is 6.54 Å². The van der Waals surface area contributed by atoms with E-state index >= 15 is 0 Å². The van der Waals surface area contributed by atoms with E-state index in [-0.39, 0.29) is 30.5 Å². The lowest BCUT2D eigenvalue weighted by molar-refractivity contribution is -0.140. The molecule has 0 radical (unpaired) electrons. The molecule has 152 valence electrons. The second-order valence-electron chi connectivity index (χ2n) is 6.17. The predicted molar refractivity (Wildman–Crippen MR) is 112 cm³/mol. The van der Waals surface area contributed by atoms with Crippen LogP contribution in [0.1, 0.15) is 45.3 Å².